The van der Waals surface area contributed by atoms with Crippen molar-refractivity contribution in [3.05, 3.63) is 38.4 Å². The lowest BCUT2D eigenvalue weighted by molar-refractivity contribution is -0.393. The van der Waals surface area contributed by atoms with Crippen LogP contribution in [0.25, 0.3) is 5.69 Å². The molecule has 0 saturated carbocycles. The van der Waals surface area contributed by atoms with Crippen molar-refractivity contribution < 1.29 is 9.85 Å². The lowest BCUT2D eigenvalue weighted by atomic mass is 10.2. The summed E-state index contributed by atoms with van der Waals surface area (Å²) in [5, 5.41) is 26.2. The fraction of sp³-hybridized carbons (Fsp3) is 0.111. The second kappa shape index (κ2) is 5.13. The van der Waals surface area contributed by atoms with Gasteiger partial charge in [0.05, 0.1) is 9.85 Å². The molecule has 0 saturated heterocycles. The second-order valence-electron chi connectivity index (χ2n) is 3.53. The van der Waals surface area contributed by atoms with Gasteiger partial charge in [0.2, 0.25) is 16.8 Å². The van der Waals surface area contributed by atoms with Gasteiger partial charge in [0.15, 0.2) is 0 Å². The van der Waals surface area contributed by atoms with Crippen LogP contribution in [0.5, 0.6) is 0 Å². The van der Waals surface area contributed by atoms with Crippen molar-refractivity contribution in [3.8, 4) is 5.69 Å². The standard InChI is InChI=1S/C9H8N6O4S/c1-20-9-11-8(10)13(12-9)7-5(14(16)17)3-2-4-6(7)15(18)19/h2-4H,1H3,(H2,10,11,12). The van der Waals surface area contributed by atoms with Crippen molar-refractivity contribution in [3.63, 3.8) is 0 Å². The van der Waals surface area contributed by atoms with Gasteiger partial charge < -0.3 is 5.73 Å². The van der Waals surface area contributed by atoms with Gasteiger partial charge in [0, 0.05) is 12.1 Å². The summed E-state index contributed by atoms with van der Waals surface area (Å²) in [5.41, 5.74) is 4.37. The third kappa shape index (κ3) is 2.25. The first-order chi connectivity index (χ1) is 9.45. The topological polar surface area (TPSA) is 143 Å². The molecule has 2 rings (SSSR count). The zero-order valence-electron chi connectivity index (χ0n) is 10.1. The number of hydrogen-bond donors (Lipinski definition) is 1. The summed E-state index contributed by atoms with van der Waals surface area (Å²) in [6, 6.07) is 3.51. The van der Waals surface area contributed by atoms with Gasteiger partial charge in [-0.05, 0) is 12.3 Å². The maximum atomic E-state index is 11.0. The number of nitrogens with two attached hydrogens (primary N) is 1. The normalized spacial score (nSPS) is 10.4. The van der Waals surface area contributed by atoms with Crippen LogP contribution in [0.15, 0.2) is 23.4 Å². The van der Waals surface area contributed by atoms with E-state index < -0.39 is 21.2 Å². The Hall–Kier alpha value is -2.69. The van der Waals surface area contributed by atoms with E-state index in [-0.39, 0.29) is 16.8 Å². The number of thioether (sulfide) groups is 1. The number of nitrogens with zero attached hydrogens (tertiary/aromatic N) is 5. The van der Waals surface area contributed by atoms with Crippen LogP contribution in [-0.2, 0) is 0 Å². The molecule has 0 aliphatic carbocycles. The van der Waals surface area contributed by atoms with Crippen LogP contribution in [0, 0.1) is 20.2 Å². The molecule has 0 amide bonds. The first kappa shape index (κ1) is 13.7. The van der Waals surface area contributed by atoms with Gasteiger partial charge in [0.1, 0.15) is 0 Å². The van der Waals surface area contributed by atoms with Crippen molar-refractivity contribution >= 4 is 29.1 Å². The molecule has 10 nitrogen and oxygen atoms in total. The molecule has 11 heteroatoms. The Kier molecular flexibility index (Phi) is 3.52. The fourth-order valence-corrected chi connectivity index (χ4v) is 1.93. The molecular formula is C9H8N6O4S. The van der Waals surface area contributed by atoms with Crippen LogP contribution < -0.4 is 5.73 Å². The number of hydrogen-bond acceptors (Lipinski definition) is 8. The largest absolute Gasteiger partial charge is 0.368 e. The Morgan fingerprint density at radius 1 is 1.25 bits per heavy atom. The van der Waals surface area contributed by atoms with Crippen molar-refractivity contribution in [2.24, 2.45) is 0 Å². The Morgan fingerprint density at radius 2 is 1.80 bits per heavy atom. The highest BCUT2D eigenvalue weighted by Crippen LogP contribution is 2.33. The molecule has 0 unspecified atom stereocenters. The summed E-state index contributed by atoms with van der Waals surface area (Å²) >= 11 is 1.16. The smallest absolute Gasteiger partial charge is 0.302 e. The number of rotatable bonds is 4. The predicted molar refractivity (Wildman–Crippen MR) is 70.9 cm³/mol. The number of nitro groups is 2. The van der Waals surface area contributed by atoms with Crippen LogP contribution in [0.1, 0.15) is 0 Å². The molecule has 0 atom stereocenters. The van der Waals surface area contributed by atoms with Crippen molar-refractivity contribution in [2.45, 2.75) is 5.16 Å². The summed E-state index contributed by atoms with van der Waals surface area (Å²) in [6.07, 6.45) is 1.69. The van der Waals surface area contributed by atoms with E-state index in [0.717, 1.165) is 28.6 Å². The number of aromatic nitrogens is 3. The van der Waals surface area contributed by atoms with E-state index >= 15 is 0 Å². The lowest BCUT2D eigenvalue weighted by Gasteiger charge is -2.04. The molecule has 1 heterocycles. The molecule has 1 aromatic heterocycles. The third-order valence-corrected chi connectivity index (χ3v) is 2.93. The Morgan fingerprint density at radius 3 is 2.20 bits per heavy atom. The lowest BCUT2D eigenvalue weighted by Crippen LogP contribution is -2.08. The minimum Gasteiger partial charge on any atom is -0.368 e. The molecule has 104 valence electrons. The molecule has 1 aromatic carbocycles. The molecule has 0 radical (unpaired) electrons. The molecule has 0 spiro atoms. The van der Waals surface area contributed by atoms with Gasteiger partial charge in [-0.15, -0.1) is 5.10 Å². The average Bonchev–Trinajstić information content (AvgIpc) is 2.78. The van der Waals surface area contributed by atoms with Gasteiger partial charge in [-0.2, -0.15) is 9.67 Å². The summed E-state index contributed by atoms with van der Waals surface area (Å²) in [5.74, 6) is -0.160. The Labute approximate surface area is 115 Å². The van der Waals surface area contributed by atoms with Gasteiger partial charge in [0.25, 0.3) is 0 Å². The summed E-state index contributed by atoms with van der Waals surface area (Å²) in [7, 11) is 0. The monoisotopic (exact) mass is 296 g/mol. The molecule has 0 fully saturated rings. The molecule has 0 aliphatic heterocycles. The van der Waals surface area contributed by atoms with Gasteiger partial charge in [-0.25, -0.2) is 0 Å². The van der Waals surface area contributed by atoms with E-state index in [1.165, 1.54) is 6.07 Å². The van der Waals surface area contributed by atoms with Gasteiger partial charge >= 0.3 is 11.4 Å². The quantitative estimate of drug-likeness (QED) is 0.506. The van der Waals surface area contributed by atoms with Crippen LogP contribution in [0.2, 0.25) is 0 Å². The Balaban J connectivity index is 2.79. The Bertz CT molecular complexity index is 667. The van der Waals surface area contributed by atoms with Crippen molar-refractivity contribution in [1.29, 1.82) is 0 Å². The highest BCUT2D eigenvalue weighted by molar-refractivity contribution is 7.98. The van der Waals surface area contributed by atoms with E-state index in [0.29, 0.717) is 0 Å². The van der Waals surface area contributed by atoms with Crippen molar-refractivity contribution in [2.75, 3.05) is 12.0 Å². The fourth-order valence-electron chi connectivity index (χ4n) is 1.59. The third-order valence-electron chi connectivity index (χ3n) is 2.39. The predicted octanol–water partition coefficient (Wildman–Crippen LogP) is 1.39. The van der Waals surface area contributed by atoms with Gasteiger partial charge in [-0.1, -0.05) is 11.8 Å². The van der Waals surface area contributed by atoms with Gasteiger partial charge in [-0.3, -0.25) is 20.2 Å². The minimum atomic E-state index is -0.734. The second-order valence-corrected chi connectivity index (χ2v) is 4.30. The molecule has 2 N–H and O–H groups in total. The first-order valence-electron chi connectivity index (χ1n) is 5.14. The SMILES string of the molecule is CSc1nc(N)n(-c2c([N+](=O)[O-])cccc2[N+](=O)[O-])n1. The van der Waals surface area contributed by atoms with Crippen molar-refractivity contribution in [1.82, 2.24) is 14.8 Å². The minimum absolute atomic E-state index is 0.160. The molecule has 0 aliphatic rings. The summed E-state index contributed by atoms with van der Waals surface area (Å²) in [4.78, 5) is 24.5. The molecule has 0 bridgehead atoms. The van der Waals surface area contributed by atoms with Crippen LogP contribution in [0.4, 0.5) is 17.3 Å². The summed E-state index contributed by atoms with van der Waals surface area (Å²) < 4.78 is 0.905. The number of para-hydroxylation sites is 1. The zero-order chi connectivity index (χ0) is 14.9. The summed E-state index contributed by atoms with van der Waals surface area (Å²) in [6.45, 7) is 0. The van der Waals surface area contributed by atoms with Crippen LogP contribution >= 0.6 is 11.8 Å². The van der Waals surface area contributed by atoms with E-state index in [4.69, 9.17) is 5.73 Å². The maximum Gasteiger partial charge on any atom is 0.302 e. The van der Waals surface area contributed by atoms with E-state index in [2.05, 4.69) is 10.1 Å². The molecule has 20 heavy (non-hydrogen) atoms. The average molecular weight is 296 g/mol. The van der Waals surface area contributed by atoms with Crippen LogP contribution in [-0.4, -0.2) is 30.9 Å². The highest BCUT2D eigenvalue weighted by Gasteiger charge is 2.29. The maximum absolute atomic E-state index is 11.0. The van der Waals surface area contributed by atoms with E-state index in [1.54, 1.807) is 6.26 Å². The number of nitrogen functional groups attached to an aromatic ring is 1. The van der Waals surface area contributed by atoms with E-state index in [1.807, 2.05) is 0 Å². The molecular weight excluding hydrogens is 288 g/mol. The highest BCUT2D eigenvalue weighted by atomic mass is 32.2. The zero-order valence-corrected chi connectivity index (χ0v) is 10.9. The van der Waals surface area contributed by atoms with E-state index in [9.17, 15) is 20.2 Å². The number of nitro benzene ring substituents is 2. The van der Waals surface area contributed by atoms with Crippen LogP contribution in [0.3, 0.4) is 0 Å². The molecule has 2 aromatic rings. The first-order valence-corrected chi connectivity index (χ1v) is 6.37. The number of benzene rings is 1. The number of anilines is 1.